The number of aromatic nitrogens is 1. The van der Waals surface area contributed by atoms with Crippen LogP contribution in [-0.2, 0) is 12.8 Å². The molecule has 0 saturated heterocycles. The quantitative estimate of drug-likeness (QED) is 0.858. The lowest BCUT2D eigenvalue weighted by molar-refractivity contribution is 0.0928. The number of hydrogen-bond donors (Lipinski definition) is 1. The molecule has 0 fully saturated rings. The van der Waals surface area contributed by atoms with Crippen molar-refractivity contribution in [2.45, 2.75) is 25.3 Å². The highest BCUT2D eigenvalue weighted by Crippen LogP contribution is 2.21. The molecule has 3 rings (SSSR count). The molecule has 1 aliphatic carbocycles. The Bertz CT molecular complexity index is 667. The third kappa shape index (κ3) is 3.36. The van der Waals surface area contributed by atoms with E-state index in [1.54, 1.807) is 0 Å². The molecule has 0 radical (unpaired) electrons. The van der Waals surface area contributed by atoms with Gasteiger partial charge in [0.15, 0.2) is 0 Å². The molecule has 1 N–H and O–H groups in total. The molecule has 1 aromatic heterocycles. The van der Waals surface area contributed by atoms with E-state index in [0.717, 1.165) is 19.3 Å². The molecule has 0 bridgehead atoms. The molecular weight excluding hydrogens is 307 g/mol. The van der Waals surface area contributed by atoms with Crippen molar-refractivity contribution in [1.82, 2.24) is 10.3 Å². The molecule has 21 heavy (non-hydrogen) atoms. The second kappa shape index (κ2) is 6.04. The van der Waals surface area contributed by atoms with Crippen molar-refractivity contribution in [3.8, 4) is 0 Å². The minimum Gasteiger partial charge on any atom is -0.348 e. The maximum absolute atomic E-state index is 12.2. The van der Waals surface area contributed by atoms with Crippen molar-refractivity contribution >= 4 is 29.1 Å². The van der Waals surface area contributed by atoms with Gasteiger partial charge in [0.1, 0.15) is 10.8 Å². The Morgan fingerprint density at radius 1 is 1.19 bits per heavy atom. The van der Waals surface area contributed by atoms with Crippen LogP contribution in [0.5, 0.6) is 0 Å². The number of rotatable bonds is 2. The number of fused-ring (bicyclic) bond motifs is 1. The molecule has 1 unspecified atom stereocenters. The second-order valence-electron chi connectivity index (χ2n) is 5.18. The Morgan fingerprint density at radius 2 is 1.95 bits per heavy atom. The van der Waals surface area contributed by atoms with E-state index in [0.29, 0.717) is 5.02 Å². The third-order valence-corrected chi connectivity index (χ3v) is 4.09. The highest BCUT2D eigenvalue weighted by atomic mass is 35.5. The molecule has 0 spiro atoms. The standard InChI is InChI=1S/C16H14Cl2N2O/c17-12-8-14(20-15(18)9-12)16(21)19-13-6-5-10-3-1-2-4-11(10)7-13/h1-4,8-9,13H,5-7H2,(H,19,21). The first-order valence-corrected chi connectivity index (χ1v) is 7.58. The van der Waals surface area contributed by atoms with Gasteiger partial charge in [-0.25, -0.2) is 4.98 Å². The molecule has 0 saturated carbocycles. The topological polar surface area (TPSA) is 42.0 Å². The Hall–Kier alpha value is -1.58. The summed E-state index contributed by atoms with van der Waals surface area (Å²) >= 11 is 11.7. The molecule has 108 valence electrons. The minimum absolute atomic E-state index is 0.118. The molecule has 1 amide bonds. The summed E-state index contributed by atoms with van der Waals surface area (Å²) in [5.74, 6) is -0.233. The predicted octanol–water partition coefficient (Wildman–Crippen LogP) is 3.68. The smallest absolute Gasteiger partial charge is 0.270 e. The van der Waals surface area contributed by atoms with Crippen molar-refractivity contribution in [3.63, 3.8) is 0 Å². The Balaban J connectivity index is 1.71. The van der Waals surface area contributed by atoms with E-state index in [1.165, 1.54) is 23.3 Å². The Morgan fingerprint density at radius 3 is 2.71 bits per heavy atom. The number of nitrogens with zero attached hydrogens (tertiary/aromatic N) is 1. The number of pyridine rings is 1. The average Bonchev–Trinajstić information content (AvgIpc) is 2.46. The number of carbonyl (C=O) groups is 1. The van der Waals surface area contributed by atoms with Gasteiger partial charge in [-0.2, -0.15) is 0 Å². The van der Waals surface area contributed by atoms with Crippen LogP contribution in [0.15, 0.2) is 36.4 Å². The molecule has 1 aromatic carbocycles. The van der Waals surface area contributed by atoms with E-state index < -0.39 is 0 Å². The number of carbonyl (C=O) groups excluding carboxylic acids is 1. The zero-order valence-electron chi connectivity index (χ0n) is 11.3. The van der Waals surface area contributed by atoms with E-state index in [9.17, 15) is 4.79 Å². The second-order valence-corrected chi connectivity index (χ2v) is 6.00. The van der Waals surface area contributed by atoms with Crippen LogP contribution in [0.25, 0.3) is 0 Å². The zero-order valence-corrected chi connectivity index (χ0v) is 12.8. The van der Waals surface area contributed by atoms with Gasteiger partial charge in [-0.1, -0.05) is 47.5 Å². The van der Waals surface area contributed by atoms with Gasteiger partial charge in [0, 0.05) is 11.1 Å². The van der Waals surface area contributed by atoms with Crippen LogP contribution in [-0.4, -0.2) is 16.9 Å². The SMILES string of the molecule is O=C(NC1CCc2ccccc2C1)c1cc(Cl)cc(Cl)n1. The third-order valence-electron chi connectivity index (χ3n) is 3.67. The molecule has 1 aliphatic rings. The lowest BCUT2D eigenvalue weighted by Gasteiger charge is -2.25. The van der Waals surface area contributed by atoms with Crippen molar-refractivity contribution in [3.05, 3.63) is 63.4 Å². The van der Waals surface area contributed by atoms with Gasteiger partial charge in [-0.3, -0.25) is 4.79 Å². The Labute approximate surface area is 133 Å². The van der Waals surface area contributed by atoms with Crippen LogP contribution >= 0.6 is 23.2 Å². The summed E-state index contributed by atoms with van der Waals surface area (Å²) in [6.45, 7) is 0. The van der Waals surface area contributed by atoms with Gasteiger partial charge < -0.3 is 5.32 Å². The van der Waals surface area contributed by atoms with Gasteiger partial charge in [0.2, 0.25) is 0 Å². The normalized spacial score (nSPS) is 17.1. The lowest BCUT2D eigenvalue weighted by Crippen LogP contribution is -2.39. The van der Waals surface area contributed by atoms with Crippen LogP contribution in [0.2, 0.25) is 10.2 Å². The highest BCUT2D eigenvalue weighted by molar-refractivity contribution is 6.34. The first-order valence-electron chi connectivity index (χ1n) is 6.82. The fourth-order valence-electron chi connectivity index (χ4n) is 2.66. The summed E-state index contributed by atoms with van der Waals surface area (Å²) in [6, 6.07) is 11.5. The van der Waals surface area contributed by atoms with E-state index in [-0.39, 0.29) is 22.8 Å². The van der Waals surface area contributed by atoms with Crippen molar-refractivity contribution in [1.29, 1.82) is 0 Å². The van der Waals surface area contributed by atoms with Gasteiger partial charge in [-0.05, 0) is 42.5 Å². The van der Waals surface area contributed by atoms with Crippen molar-refractivity contribution < 1.29 is 4.79 Å². The number of halogens is 2. The van der Waals surface area contributed by atoms with Crippen LogP contribution < -0.4 is 5.32 Å². The Kier molecular flexibility index (Phi) is 4.13. The van der Waals surface area contributed by atoms with Crippen molar-refractivity contribution in [2.75, 3.05) is 0 Å². The maximum Gasteiger partial charge on any atom is 0.270 e. The summed E-state index contributed by atoms with van der Waals surface area (Å²) in [5.41, 5.74) is 2.92. The van der Waals surface area contributed by atoms with Crippen LogP contribution in [0, 0.1) is 0 Å². The van der Waals surface area contributed by atoms with E-state index >= 15 is 0 Å². The number of amides is 1. The summed E-state index contributed by atoms with van der Waals surface area (Å²) < 4.78 is 0. The van der Waals surface area contributed by atoms with E-state index in [4.69, 9.17) is 23.2 Å². The fraction of sp³-hybridized carbons (Fsp3) is 0.250. The van der Waals surface area contributed by atoms with Crippen LogP contribution in [0.3, 0.4) is 0 Å². The average molecular weight is 321 g/mol. The summed E-state index contributed by atoms with van der Waals surface area (Å²) in [4.78, 5) is 16.3. The molecule has 1 atom stereocenters. The monoisotopic (exact) mass is 320 g/mol. The number of nitrogens with one attached hydrogen (secondary N) is 1. The first kappa shape index (κ1) is 14.4. The lowest BCUT2D eigenvalue weighted by atomic mass is 9.88. The zero-order chi connectivity index (χ0) is 14.8. The van der Waals surface area contributed by atoms with E-state index in [2.05, 4.69) is 28.5 Å². The molecule has 5 heteroatoms. The van der Waals surface area contributed by atoms with Crippen LogP contribution in [0.4, 0.5) is 0 Å². The molecule has 2 aromatic rings. The minimum atomic E-state index is -0.233. The number of aryl methyl sites for hydroxylation is 1. The molecule has 1 heterocycles. The maximum atomic E-state index is 12.2. The summed E-state index contributed by atoms with van der Waals surface area (Å²) in [7, 11) is 0. The van der Waals surface area contributed by atoms with Gasteiger partial charge in [0.25, 0.3) is 5.91 Å². The number of benzene rings is 1. The van der Waals surface area contributed by atoms with Gasteiger partial charge in [-0.15, -0.1) is 0 Å². The number of hydrogen-bond acceptors (Lipinski definition) is 2. The highest BCUT2D eigenvalue weighted by Gasteiger charge is 2.21. The largest absolute Gasteiger partial charge is 0.348 e. The van der Waals surface area contributed by atoms with Gasteiger partial charge >= 0.3 is 0 Å². The molecule has 3 nitrogen and oxygen atoms in total. The first-order chi connectivity index (χ1) is 10.1. The molecule has 0 aliphatic heterocycles. The van der Waals surface area contributed by atoms with E-state index in [1.807, 2.05) is 6.07 Å². The summed E-state index contributed by atoms with van der Waals surface area (Å²) in [6.07, 6.45) is 2.75. The van der Waals surface area contributed by atoms with Gasteiger partial charge in [0.05, 0.1) is 0 Å². The fourth-order valence-corrected chi connectivity index (χ4v) is 3.13. The molecular formula is C16H14Cl2N2O. The van der Waals surface area contributed by atoms with Crippen molar-refractivity contribution in [2.24, 2.45) is 0 Å². The van der Waals surface area contributed by atoms with Crippen LogP contribution in [0.1, 0.15) is 28.0 Å². The summed E-state index contributed by atoms with van der Waals surface area (Å²) in [5, 5.41) is 3.65. The predicted molar refractivity (Wildman–Crippen MR) is 84.0 cm³/mol.